The lowest BCUT2D eigenvalue weighted by atomic mass is 10.1. The molecule has 0 aliphatic carbocycles. The van der Waals surface area contributed by atoms with Gasteiger partial charge in [0.25, 0.3) is 0 Å². The number of H-pyrrole nitrogens is 1. The number of aryl methyl sites for hydroxylation is 1. The molecule has 0 aliphatic rings. The Labute approximate surface area is 148 Å². The zero-order valence-corrected chi connectivity index (χ0v) is 15.4. The van der Waals surface area contributed by atoms with Crippen molar-refractivity contribution in [2.75, 3.05) is 18.8 Å². The van der Waals surface area contributed by atoms with Crippen molar-refractivity contribution in [2.24, 2.45) is 0 Å². The highest BCUT2D eigenvalue weighted by Gasteiger charge is 2.14. The molecule has 0 atom stereocenters. The minimum atomic E-state index is 0.115. The summed E-state index contributed by atoms with van der Waals surface area (Å²) in [5.74, 6) is 0.503. The lowest BCUT2D eigenvalue weighted by Gasteiger charge is -2.20. The number of aromatic amines is 1. The van der Waals surface area contributed by atoms with Gasteiger partial charge in [0.15, 0.2) is 5.16 Å². The second-order valence-electron chi connectivity index (χ2n) is 5.93. The Bertz CT molecular complexity index is 694. The zero-order chi connectivity index (χ0) is 17.5. The van der Waals surface area contributed by atoms with Crippen LogP contribution >= 0.6 is 11.8 Å². The fraction of sp³-hybridized carbons (Fsp3) is 0.368. The summed E-state index contributed by atoms with van der Waals surface area (Å²) in [6, 6.07) is 10.3. The van der Waals surface area contributed by atoms with Crippen molar-refractivity contribution in [3.63, 3.8) is 0 Å². The molecule has 1 amide bonds. The lowest BCUT2D eigenvalue weighted by molar-refractivity contribution is -0.127. The average molecular weight is 343 g/mol. The number of thioether (sulfide) groups is 1. The van der Waals surface area contributed by atoms with E-state index < -0.39 is 0 Å². The van der Waals surface area contributed by atoms with Crippen LogP contribution in [0.5, 0.6) is 0 Å². The number of benzene rings is 1. The highest BCUT2D eigenvalue weighted by Crippen LogP contribution is 2.19. The number of nitrogens with zero attached hydrogens (tertiary/aromatic N) is 2. The molecule has 0 fully saturated rings. The Morgan fingerprint density at radius 3 is 2.67 bits per heavy atom. The summed E-state index contributed by atoms with van der Waals surface area (Å²) in [6.45, 7) is 11.1. The number of hydrogen-bond acceptors (Lipinski definition) is 3. The normalized spacial score (nSPS) is 10.6. The van der Waals surface area contributed by atoms with Crippen molar-refractivity contribution >= 4 is 17.7 Å². The molecule has 0 radical (unpaired) electrons. The molecule has 4 nitrogen and oxygen atoms in total. The highest BCUT2D eigenvalue weighted by molar-refractivity contribution is 7.99. The molecule has 1 N–H and O–H groups in total. The van der Waals surface area contributed by atoms with E-state index in [0.29, 0.717) is 18.8 Å². The lowest BCUT2D eigenvalue weighted by Crippen LogP contribution is -2.33. The Balaban J connectivity index is 1.95. The van der Waals surface area contributed by atoms with Crippen molar-refractivity contribution in [2.45, 2.75) is 32.3 Å². The Hall–Kier alpha value is -2.01. The molecule has 2 rings (SSSR count). The van der Waals surface area contributed by atoms with E-state index in [1.165, 1.54) is 17.3 Å². The zero-order valence-electron chi connectivity index (χ0n) is 14.6. The van der Waals surface area contributed by atoms with Crippen LogP contribution in [-0.2, 0) is 11.2 Å². The molecular weight excluding hydrogens is 318 g/mol. The third-order valence-electron chi connectivity index (χ3n) is 3.71. The third-order valence-corrected chi connectivity index (χ3v) is 4.56. The van der Waals surface area contributed by atoms with Gasteiger partial charge in [-0.15, -0.1) is 0 Å². The van der Waals surface area contributed by atoms with Gasteiger partial charge in [0.2, 0.25) is 5.91 Å². The van der Waals surface area contributed by atoms with Crippen LogP contribution in [0.15, 0.2) is 47.6 Å². The summed E-state index contributed by atoms with van der Waals surface area (Å²) in [5, 5.41) is 0.804. The first-order valence-corrected chi connectivity index (χ1v) is 9.12. The van der Waals surface area contributed by atoms with Crippen molar-refractivity contribution in [3.8, 4) is 0 Å². The number of likely N-dealkylation sites (N-methyl/N-ethyl adjacent to an activating group) is 1. The molecule has 0 aliphatic heterocycles. The van der Waals surface area contributed by atoms with Crippen molar-refractivity contribution in [1.82, 2.24) is 14.9 Å². The van der Waals surface area contributed by atoms with Crippen LogP contribution in [0, 0.1) is 6.92 Å². The maximum atomic E-state index is 12.3. The van der Waals surface area contributed by atoms with Crippen LogP contribution in [0.4, 0.5) is 0 Å². The molecule has 128 valence electrons. The minimum Gasteiger partial charge on any atom is -0.338 e. The Kier molecular flexibility index (Phi) is 6.67. The number of carbonyl (C=O) groups is 1. The van der Waals surface area contributed by atoms with Gasteiger partial charge in [-0.05, 0) is 26.3 Å². The molecule has 1 aromatic heterocycles. The van der Waals surface area contributed by atoms with E-state index in [1.807, 2.05) is 43.9 Å². The number of aromatic nitrogens is 2. The Morgan fingerprint density at radius 2 is 2.04 bits per heavy atom. The molecule has 24 heavy (non-hydrogen) atoms. The van der Waals surface area contributed by atoms with Crippen molar-refractivity contribution in [3.05, 3.63) is 59.4 Å². The maximum Gasteiger partial charge on any atom is 0.233 e. The van der Waals surface area contributed by atoms with E-state index in [2.05, 4.69) is 28.7 Å². The van der Waals surface area contributed by atoms with Crippen LogP contribution in [0.2, 0.25) is 0 Å². The predicted octanol–water partition coefficient (Wildman–Crippen LogP) is 3.83. The van der Waals surface area contributed by atoms with E-state index in [0.717, 1.165) is 28.5 Å². The van der Waals surface area contributed by atoms with Gasteiger partial charge in [-0.2, -0.15) is 0 Å². The molecule has 0 bridgehead atoms. The predicted molar refractivity (Wildman–Crippen MR) is 100 cm³/mol. The first kappa shape index (κ1) is 18.3. The number of nitrogens with one attached hydrogen (secondary N) is 1. The van der Waals surface area contributed by atoms with Crippen LogP contribution < -0.4 is 0 Å². The van der Waals surface area contributed by atoms with E-state index in [1.54, 1.807) is 0 Å². The SMILES string of the molecule is C=C(C)CN(CC)C(=O)CSc1nc(Cc2ccccc2)c(C)[nH]1. The van der Waals surface area contributed by atoms with Gasteiger partial charge in [-0.3, -0.25) is 4.79 Å². The summed E-state index contributed by atoms with van der Waals surface area (Å²) < 4.78 is 0. The van der Waals surface area contributed by atoms with Gasteiger partial charge in [0, 0.05) is 25.2 Å². The number of carbonyl (C=O) groups excluding carboxylic acids is 1. The first-order valence-electron chi connectivity index (χ1n) is 8.14. The molecular formula is C19H25N3OS. The minimum absolute atomic E-state index is 0.115. The molecule has 1 heterocycles. The second-order valence-corrected chi connectivity index (χ2v) is 6.89. The van der Waals surface area contributed by atoms with E-state index in [4.69, 9.17) is 0 Å². The summed E-state index contributed by atoms with van der Waals surface area (Å²) in [4.78, 5) is 22.0. The second kappa shape index (κ2) is 8.73. The molecule has 0 saturated heterocycles. The number of amides is 1. The number of hydrogen-bond donors (Lipinski definition) is 1. The van der Waals surface area contributed by atoms with E-state index >= 15 is 0 Å². The van der Waals surface area contributed by atoms with Crippen molar-refractivity contribution in [1.29, 1.82) is 0 Å². The van der Waals surface area contributed by atoms with Gasteiger partial charge in [-0.25, -0.2) is 4.98 Å². The average Bonchev–Trinajstić information content (AvgIpc) is 2.91. The third kappa shape index (κ3) is 5.27. The van der Waals surface area contributed by atoms with Gasteiger partial charge in [0.05, 0.1) is 11.4 Å². The highest BCUT2D eigenvalue weighted by atomic mass is 32.2. The van der Waals surface area contributed by atoms with Gasteiger partial charge >= 0.3 is 0 Å². The summed E-state index contributed by atoms with van der Waals surface area (Å²) in [5.41, 5.74) is 4.32. The fourth-order valence-electron chi connectivity index (χ4n) is 2.42. The Morgan fingerprint density at radius 1 is 1.33 bits per heavy atom. The molecule has 0 spiro atoms. The topological polar surface area (TPSA) is 49.0 Å². The van der Waals surface area contributed by atoms with Crippen LogP contribution in [0.1, 0.15) is 30.8 Å². The fourth-order valence-corrected chi connectivity index (χ4v) is 3.26. The number of imidazole rings is 1. The summed E-state index contributed by atoms with van der Waals surface area (Å²) >= 11 is 1.46. The van der Waals surface area contributed by atoms with Crippen LogP contribution in [-0.4, -0.2) is 39.6 Å². The summed E-state index contributed by atoms with van der Waals surface area (Å²) in [7, 11) is 0. The molecule has 5 heteroatoms. The van der Waals surface area contributed by atoms with Gasteiger partial charge < -0.3 is 9.88 Å². The molecule has 2 aromatic rings. The molecule has 0 unspecified atom stereocenters. The first-order chi connectivity index (χ1) is 11.5. The molecule has 0 saturated carbocycles. The van der Waals surface area contributed by atoms with E-state index in [9.17, 15) is 4.79 Å². The van der Waals surface area contributed by atoms with Crippen LogP contribution in [0.25, 0.3) is 0 Å². The van der Waals surface area contributed by atoms with Gasteiger partial charge in [0.1, 0.15) is 0 Å². The quantitative estimate of drug-likeness (QED) is 0.585. The van der Waals surface area contributed by atoms with Crippen molar-refractivity contribution < 1.29 is 4.79 Å². The standard InChI is InChI=1S/C19H25N3OS/c1-5-22(12-14(2)3)18(23)13-24-19-20-15(4)17(21-19)11-16-9-7-6-8-10-16/h6-10H,2,5,11-13H2,1,3-4H3,(H,20,21). The van der Waals surface area contributed by atoms with E-state index in [-0.39, 0.29) is 5.91 Å². The smallest absolute Gasteiger partial charge is 0.233 e. The number of rotatable bonds is 8. The van der Waals surface area contributed by atoms with Gasteiger partial charge in [-0.1, -0.05) is 54.2 Å². The maximum absolute atomic E-state index is 12.3. The molecule has 1 aromatic carbocycles. The van der Waals surface area contributed by atoms with Crippen LogP contribution in [0.3, 0.4) is 0 Å². The summed E-state index contributed by atoms with van der Waals surface area (Å²) in [6.07, 6.45) is 0.800. The monoisotopic (exact) mass is 343 g/mol. The largest absolute Gasteiger partial charge is 0.338 e.